The fourth-order valence-electron chi connectivity index (χ4n) is 3.57. The van der Waals surface area contributed by atoms with E-state index in [0.717, 1.165) is 31.2 Å². The van der Waals surface area contributed by atoms with Gasteiger partial charge >= 0.3 is 0 Å². The van der Waals surface area contributed by atoms with E-state index in [1.54, 1.807) is 6.07 Å². The van der Waals surface area contributed by atoms with Crippen molar-refractivity contribution < 1.29 is 9.84 Å². The van der Waals surface area contributed by atoms with E-state index in [9.17, 15) is 5.11 Å². The summed E-state index contributed by atoms with van der Waals surface area (Å²) in [4.78, 5) is 0. The molecule has 1 atom stereocenters. The molecule has 0 spiro atoms. The number of phenolic OH excluding ortho intramolecular Hbond substituents is 1. The van der Waals surface area contributed by atoms with Gasteiger partial charge < -0.3 is 9.84 Å². The third-order valence-corrected chi connectivity index (χ3v) is 4.99. The van der Waals surface area contributed by atoms with Crippen LogP contribution in [0.15, 0.2) is 78.4 Å². The molecule has 2 aromatic carbocycles. The second kappa shape index (κ2) is 9.38. The normalized spacial score (nSPS) is 17.0. The molecular formula is C25H28O2. The average molecular weight is 360 g/mol. The molecule has 0 radical (unpaired) electrons. The third-order valence-electron chi connectivity index (χ3n) is 4.99. The molecule has 1 aliphatic rings. The lowest BCUT2D eigenvalue weighted by molar-refractivity contribution is 0.117. The zero-order chi connectivity index (χ0) is 19.1. The van der Waals surface area contributed by atoms with E-state index in [0.29, 0.717) is 12.4 Å². The molecule has 1 N–H and O–H groups in total. The van der Waals surface area contributed by atoms with E-state index in [4.69, 9.17) is 4.74 Å². The van der Waals surface area contributed by atoms with Crippen LogP contribution in [-0.2, 0) is 4.74 Å². The van der Waals surface area contributed by atoms with Crippen molar-refractivity contribution in [1.29, 1.82) is 0 Å². The standard InChI is InChI=1S/C25H28O2/c1-3-9-19(2)23-16-17-27-25(23)15-14-21(20-10-5-4-6-11-20)18-22-12-7-8-13-24(22)26/h4-8,10-13,16,18,25-26H,2-3,9,14-15,17H2,1H3/b21-18-. The minimum absolute atomic E-state index is 0.112. The minimum Gasteiger partial charge on any atom is -0.507 e. The van der Waals surface area contributed by atoms with E-state index in [1.165, 1.54) is 22.3 Å². The van der Waals surface area contributed by atoms with E-state index < -0.39 is 0 Å². The summed E-state index contributed by atoms with van der Waals surface area (Å²) in [6, 6.07) is 17.8. The van der Waals surface area contributed by atoms with Crippen LogP contribution in [0.2, 0.25) is 0 Å². The number of aromatic hydroxyl groups is 1. The summed E-state index contributed by atoms with van der Waals surface area (Å²) < 4.78 is 5.96. The number of benzene rings is 2. The van der Waals surface area contributed by atoms with Gasteiger partial charge in [-0.1, -0.05) is 74.5 Å². The number of ether oxygens (including phenoxy) is 1. The second-order valence-corrected chi connectivity index (χ2v) is 6.97. The molecule has 140 valence electrons. The van der Waals surface area contributed by atoms with Crippen molar-refractivity contribution in [3.8, 4) is 5.75 Å². The molecule has 1 heterocycles. The van der Waals surface area contributed by atoms with Crippen molar-refractivity contribution in [1.82, 2.24) is 0 Å². The summed E-state index contributed by atoms with van der Waals surface area (Å²) in [6.45, 7) is 7.10. The van der Waals surface area contributed by atoms with Gasteiger partial charge in [0.05, 0.1) is 12.7 Å². The van der Waals surface area contributed by atoms with Gasteiger partial charge in [0.25, 0.3) is 0 Å². The van der Waals surface area contributed by atoms with Gasteiger partial charge in [0, 0.05) is 5.56 Å². The maximum Gasteiger partial charge on any atom is 0.122 e. The molecule has 2 aromatic rings. The van der Waals surface area contributed by atoms with Crippen LogP contribution >= 0.6 is 0 Å². The predicted molar refractivity (Wildman–Crippen MR) is 114 cm³/mol. The maximum absolute atomic E-state index is 10.2. The molecule has 3 rings (SSSR count). The summed E-state index contributed by atoms with van der Waals surface area (Å²) >= 11 is 0. The molecule has 2 heteroatoms. The van der Waals surface area contributed by atoms with Crippen LogP contribution in [0.5, 0.6) is 5.75 Å². The fraction of sp³-hybridized carbons (Fsp3) is 0.280. The van der Waals surface area contributed by atoms with Crippen LogP contribution < -0.4 is 0 Å². The van der Waals surface area contributed by atoms with E-state index >= 15 is 0 Å². The van der Waals surface area contributed by atoms with E-state index in [-0.39, 0.29) is 6.10 Å². The molecule has 0 aliphatic carbocycles. The zero-order valence-electron chi connectivity index (χ0n) is 16.0. The number of allylic oxidation sites excluding steroid dienone is 1. The topological polar surface area (TPSA) is 29.5 Å². The van der Waals surface area contributed by atoms with Crippen LogP contribution in [-0.4, -0.2) is 17.8 Å². The second-order valence-electron chi connectivity index (χ2n) is 6.97. The number of hydrogen-bond donors (Lipinski definition) is 1. The quantitative estimate of drug-likeness (QED) is 0.552. The lowest BCUT2D eigenvalue weighted by atomic mass is 9.92. The van der Waals surface area contributed by atoms with Crippen LogP contribution in [0.4, 0.5) is 0 Å². The van der Waals surface area contributed by atoms with Crippen molar-refractivity contribution in [2.75, 3.05) is 6.61 Å². The number of rotatable bonds is 8. The maximum atomic E-state index is 10.2. The van der Waals surface area contributed by atoms with Crippen molar-refractivity contribution >= 4 is 11.6 Å². The zero-order valence-corrected chi connectivity index (χ0v) is 16.0. The lowest BCUT2D eigenvalue weighted by Gasteiger charge is -2.18. The Hall–Kier alpha value is -2.58. The molecule has 0 saturated carbocycles. The van der Waals surface area contributed by atoms with Crippen LogP contribution in [0, 0.1) is 0 Å². The number of phenols is 1. The van der Waals surface area contributed by atoms with Crippen molar-refractivity contribution in [2.24, 2.45) is 0 Å². The highest BCUT2D eigenvalue weighted by Crippen LogP contribution is 2.32. The molecule has 0 amide bonds. The van der Waals surface area contributed by atoms with Gasteiger partial charge in [-0.15, -0.1) is 0 Å². The largest absolute Gasteiger partial charge is 0.507 e. The van der Waals surface area contributed by atoms with Crippen molar-refractivity contribution in [2.45, 2.75) is 38.7 Å². The Balaban J connectivity index is 1.80. The minimum atomic E-state index is 0.112. The first-order chi connectivity index (χ1) is 13.2. The first-order valence-electron chi connectivity index (χ1n) is 9.72. The van der Waals surface area contributed by atoms with Crippen molar-refractivity contribution in [3.63, 3.8) is 0 Å². The third kappa shape index (κ3) is 4.99. The van der Waals surface area contributed by atoms with Gasteiger partial charge in [0.2, 0.25) is 0 Å². The molecule has 0 aromatic heterocycles. The Labute approximate surface area is 162 Å². The fourth-order valence-corrected chi connectivity index (χ4v) is 3.57. The summed E-state index contributed by atoms with van der Waals surface area (Å²) in [7, 11) is 0. The highest BCUT2D eigenvalue weighted by molar-refractivity contribution is 5.83. The lowest BCUT2D eigenvalue weighted by Crippen LogP contribution is -2.11. The van der Waals surface area contributed by atoms with E-state index in [1.807, 2.05) is 24.3 Å². The molecule has 0 fully saturated rings. The van der Waals surface area contributed by atoms with Gasteiger partial charge in [-0.3, -0.25) is 0 Å². The summed E-state index contributed by atoms with van der Waals surface area (Å²) in [5, 5.41) is 10.2. The van der Waals surface area contributed by atoms with Gasteiger partial charge in [0.15, 0.2) is 0 Å². The number of para-hydroxylation sites is 1. The highest BCUT2D eigenvalue weighted by Gasteiger charge is 2.22. The van der Waals surface area contributed by atoms with Crippen molar-refractivity contribution in [3.05, 3.63) is 89.5 Å². The molecule has 1 aliphatic heterocycles. The molecule has 2 nitrogen and oxygen atoms in total. The monoisotopic (exact) mass is 360 g/mol. The average Bonchev–Trinajstić information content (AvgIpc) is 3.16. The molecule has 0 saturated heterocycles. The Morgan fingerprint density at radius 3 is 2.59 bits per heavy atom. The molecular weight excluding hydrogens is 332 g/mol. The molecule has 27 heavy (non-hydrogen) atoms. The molecule has 1 unspecified atom stereocenters. The van der Waals surface area contributed by atoms with Crippen LogP contribution in [0.25, 0.3) is 11.6 Å². The first-order valence-corrected chi connectivity index (χ1v) is 9.72. The van der Waals surface area contributed by atoms with Gasteiger partial charge in [-0.25, -0.2) is 0 Å². The molecule has 0 bridgehead atoms. The number of hydrogen-bond acceptors (Lipinski definition) is 2. The smallest absolute Gasteiger partial charge is 0.122 e. The Bertz CT molecular complexity index is 830. The van der Waals surface area contributed by atoms with Gasteiger partial charge in [-0.05, 0) is 53.7 Å². The van der Waals surface area contributed by atoms with Gasteiger partial charge in [0.1, 0.15) is 5.75 Å². The summed E-state index contributed by atoms with van der Waals surface area (Å²) in [5.74, 6) is 0.306. The predicted octanol–water partition coefficient (Wildman–Crippen LogP) is 6.39. The highest BCUT2D eigenvalue weighted by atomic mass is 16.5. The van der Waals surface area contributed by atoms with Crippen LogP contribution in [0.3, 0.4) is 0 Å². The van der Waals surface area contributed by atoms with E-state index in [2.05, 4.69) is 49.9 Å². The van der Waals surface area contributed by atoms with Crippen LogP contribution in [0.1, 0.15) is 43.7 Å². The first kappa shape index (κ1) is 19.2. The Morgan fingerprint density at radius 2 is 1.85 bits per heavy atom. The Morgan fingerprint density at radius 1 is 1.11 bits per heavy atom. The van der Waals surface area contributed by atoms with Gasteiger partial charge in [-0.2, -0.15) is 0 Å². The Kier molecular flexibility index (Phi) is 6.67. The SMILES string of the molecule is C=C(CCC)C1=CCOC1CC/C(=C/c1ccccc1O)c1ccccc1. The summed E-state index contributed by atoms with van der Waals surface area (Å²) in [6.07, 6.45) is 8.28. The summed E-state index contributed by atoms with van der Waals surface area (Å²) in [5.41, 5.74) is 5.69.